The molecule has 0 saturated carbocycles. The summed E-state index contributed by atoms with van der Waals surface area (Å²) in [6.45, 7) is 0.0658. The van der Waals surface area contributed by atoms with Crippen LogP contribution < -0.4 is 0 Å². The number of rotatable bonds is 4. The van der Waals surface area contributed by atoms with Gasteiger partial charge in [-0.1, -0.05) is 58.4 Å². The van der Waals surface area contributed by atoms with Gasteiger partial charge in [0, 0.05) is 15.6 Å². The molecule has 0 aliphatic carbocycles. The predicted molar refractivity (Wildman–Crippen MR) is 81.7 cm³/mol. The van der Waals surface area contributed by atoms with Crippen LogP contribution in [0, 0.1) is 0 Å². The molecule has 0 saturated heterocycles. The molecule has 0 fully saturated rings. The molecular weight excluding hydrogens is 332 g/mol. The highest BCUT2D eigenvalue weighted by atomic mass is 79.9. The van der Waals surface area contributed by atoms with Gasteiger partial charge in [0.15, 0.2) is 5.78 Å². The first-order valence-electron chi connectivity index (χ1n) is 6.34. The highest BCUT2D eigenvalue weighted by Crippen LogP contribution is 2.14. The summed E-state index contributed by atoms with van der Waals surface area (Å²) in [6, 6.07) is 16.8. The van der Waals surface area contributed by atoms with Crippen LogP contribution >= 0.6 is 15.9 Å². The number of hydrogen-bond donors (Lipinski definition) is 0. The summed E-state index contributed by atoms with van der Waals surface area (Å²) >= 11 is 3.35. The lowest BCUT2D eigenvalue weighted by Gasteiger charge is -2.00. The summed E-state index contributed by atoms with van der Waals surface area (Å²) in [7, 11) is 0. The molecule has 0 atom stereocenters. The molecule has 0 amide bonds. The second-order valence-electron chi connectivity index (χ2n) is 4.44. The highest BCUT2D eigenvalue weighted by Gasteiger charge is 2.11. The van der Waals surface area contributed by atoms with E-state index in [1.165, 1.54) is 4.80 Å². The van der Waals surface area contributed by atoms with Crippen molar-refractivity contribution in [3.63, 3.8) is 0 Å². The molecule has 3 aromatic rings. The van der Waals surface area contributed by atoms with E-state index in [-0.39, 0.29) is 12.3 Å². The van der Waals surface area contributed by atoms with E-state index in [2.05, 4.69) is 31.3 Å². The summed E-state index contributed by atoms with van der Waals surface area (Å²) in [6.07, 6.45) is 0. The highest BCUT2D eigenvalue weighted by molar-refractivity contribution is 9.10. The van der Waals surface area contributed by atoms with Crippen molar-refractivity contribution < 1.29 is 4.79 Å². The van der Waals surface area contributed by atoms with Crippen LogP contribution in [0.2, 0.25) is 0 Å². The molecule has 2 aromatic carbocycles. The molecular formula is C15H11BrN4O. The first-order valence-corrected chi connectivity index (χ1v) is 7.14. The molecule has 21 heavy (non-hydrogen) atoms. The Bertz CT molecular complexity index is 770. The van der Waals surface area contributed by atoms with Gasteiger partial charge in [0.05, 0.1) is 0 Å². The lowest BCUT2D eigenvalue weighted by atomic mass is 10.1. The maximum Gasteiger partial charge on any atom is 0.204 e. The van der Waals surface area contributed by atoms with Crippen LogP contribution in [0.25, 0.3) is 11.4 Å². The smallest absolute Gasteiger partial charge is 0.204 e. The summed E-state index contributed by atoms with van der Waals surface area (Å²) in [5.41, 5.74) is 1.49. The lowest BCUT2D eigenvalue weighted by molar-refractivity contribution is 0.0961. The number of tetrazole rings is 1. The average Bonchev–Trinajstić information content (AvgIpc) is 2.97. The topological polar surface area (TPSA) is 60.7 Å². The number of aromatic nitrogens is 4. The van der Waals surface area contributed by atoms with Gasteiger partial charge < -0.3 is 0 Å². The fraction of sp³-hybridized carbons (Fsp3) is 0.0667. The van der Waals surface area contributed by atoms with Crippen molar-refractivity contribution >= 4 is 21.7 Å². The van der Waals surface area contributed by atoms with Crippen LogP contribution in [-0.2, 0) is 6.54 Å². The maximum atomic E-state index is 12.2. The molecule has 0 aliphatic heterocycles. The zero-order chi connectivity index (χ0) is 14.7. The van der Waals surface area contributed by atoms with Gasteiger partial charge in [0.1, 0.15) is 6.54 Å². The van der Waals surface area contributed by atoms with Gasteiger partial charge in [-0.2, -0.15) is 4.80 Å². The molecule has 0 aliphatic rings. The third-order valence-corrected chi connectivity index (χ3v) is 3.41. The Labute approximate surface area is 129 Å². The number of carbonyl (C=O) groups is 1. The van der Waals surface area contributed by atoms with Gasteiger partial charge in [0.2, 0.25) is 5.82 Å². The largest absolute Gasteiger partial charge is 0.292 e. The van der Waals surface area contributed by atoms with Crippen molar-refractivity contribution in [3.8, 4) is 11.4 Å². The molecule has 6 heteroatoms. The second kappa shape index (κ2) is 5.97. The van der Waals surface area contributed by atoms with Crippen molar-refractivity contribution in [1.82, 2.24) is 20.2 Å². The van der Waals surface area contributed by atoms with Crippen molar-refractivity contribution in [2.75, 3.05) is 0 Å². The molecule has 0 bridgehead atoms. The second-order valence-corrected chi connectivity index (χ2v) is 5.36. The standard InChI is InChI=1S/C15H11BrN4O/c16-13-8-4-7-12(9-13)14(21)10-20-18-15(17-19-20)11-5-2-1-3-6-11/h1-9H,10H2. The molecule has 104 valence electrons. The minimum absolute atomic E-state index is 0.0617. The average molecular weight is 343 g/mol. The molecule has 1 aromatic heterocycles. The fourth-order valence-corrected chi connectivity index (χ4v) is 2.29. The van der Waals surface area contributed by atoms with Crippen molar-refractivity contribution in [3.05, 3.63) is 64.6 Å². The van der Waals surface area contributed by atoms with Crippen molar-refractivity contribution in [2.24, 2.45) is 0 Å². The summed E-state index contributed by atoms with van der Waals surface area (Å²) in [5.74, 6) is 0.450. The van der Waals surface area contributed by atoms with Crippen LogP contribution in [0.4, 0.5) is 0 Å². The number of halogens is 1. The van der Waals surface area contributed by atoms with Gasteiger partial charge in [-0.3, -0.25) is 4.79 Å². The van der Waals surface area contributed by atoms with Crippen LogP contribution in [0.15, 0.2) is 59.1 Å². The monoisotopic (exact) mass is 342 g/mol. The van der Waals surface area contributed by atoms with Gasteiger partial charge in [-0.05, 0) is 17.3 Å². The zero-order valence-electron chi connectivity index (χ0n) is 11.0. The number of hydrogen-bond acceptors (Lipinski definition) is 4. The number of benzene rings is 2. The van der Waals surface area contributed by atoms with E-state index in [4.69, 9.17) is 0 Å². The van der Waals surface area contributed by atoms with Crippen molar-refractivity contribution in [2.45, 2.75) is 6.54 Å². The molecule has 5 nitrogen and oxygen atoms in total. The van der Waals surface area contributed by atoms with Gasteiger partial charge in [-0.15, -0.1) is 10.2 Å². The van der Waals surface area contributed by atoms with Crippen LogP contribution in [0.3, 0.4) is 0 Å². The zero-order valence-corrected chi connectivity index (χ0v) is 12.6. The SMILES string of the molecule is O=C(Cn1nnc(-c2ccccc2)n1)c1cccc(Br)c1. The minimum Gasteiger partial charge on any atom is -0.292 e. The molecule has 3 rings (SSSR count). The Morgan fingerprint density at radius 1 is 1.10 bits per heavy atom. The van der Waals surface area contributed by atoms with Gasteiger partial charge >= 0.3 is 0 Å². The maximum absolute atomic E-state index is 12.2. The van der Waals surface area contributed by atoms with E-state index in [0.29, 0.717) is 11.4 Å². The molecule has 0 spiro atoms. The van der Waals surface area contributed by atoms with E-state index in [0.717, 1.165) is 10.0 Å². The predicted octanol–water partition coefficient (Wildman–Crippen LogP) is 2.99. The first-order chi connectivity index (χ1) is 10.2. The van der Waals surface area contributed by atoms with Gasteiger partial charge in [-0.25, -0.2) is 0 Å². The van der Waals surface area contributed by atoms with E-state index in [1.54, 1.807) is 12.1 Å². The van der Waals surface area contributed by atoms with Crippen LogP contribution in [0.5, 0.6) is 0 Å². The normalized spacial score (nSPS) is 10.5. The Balaban J connectivity index is 1.77. The number of nitrogens with zero attached hydrogens (tertiary/aromatic N) is 4. The summed E-state index contributed by atoms with van der Waals surface area (Å²) in [4.78, 5) is 13.5. The Morgan fingerprint density at radius 3 is 2.67 bits per heavy atom. The molecule has 0 radical (unpaired) electrons. The third-order valence-electron chi connectivity index (χ3n) is 2.92. The Morgan fingerprint density at radius 2 is 1.90 bits per heavy atom. The van der Waals surface area contributed by atoms with E-state index >= 15 is 0 Å². The van der Waals surface area contributed by atoms with E-state index < -0.39 is 0 Å². The third kappa shape index (κ3) is 3.22. The number of carbonyl (C=O) groups excluding carboxylic acids is 1. The fourth-order valence-electron chi connectivity index (χ4n) is 1.89. The minimum atomic E-state index is -0.0617. The van der Waals surface area contributed by atoms with Crippen LogP contribution in [-0.4, -0.2) is 26.0 Å². The molecule has 0 unspecified atom stereocenters. The number of Topliss-reactive ketones (excluding diaryl/α,β-unsaturated/α-hetero) is 1. The number of ketones is 1. The Hall–Kier alpha value is -2.34. The molecule has 0 N–H and O–H groups in total. The van der Waals surface area contributed by atoms with E-state index in [9.17, 15) is 4.79 Å². The Kier molecular flexibility index (Phi) is 3.87. The summed E-state index contributed by atoms with van der Waals surface area (Å²) in [5, 5.41) is 12.1. The lowest BCUT2D eigenvalue weighted by Crippen LogP contribution is -2.13. The first kappa shape index (κ1) is 13.6. The molecule has 1 heterocycles. The quantitative estimate of drug-likeness (QED) is 0.684. The van der Waals surface area contributed by atoms with Crippen LogP contribution in [0.1, 0.15) is 10.4 Å². The van der Waals surface area contributed by atoms with E-state index in [1.807, 2.05) is 42.5 Å². The summed E-state index contributed by atoms with van der Waals surface area (Å²) < 4.78 is 0.866. The van der Waals surface area contributed by atoms with Crippen molar-refractivity contribution in [1.29, 1.82) is 0 Å². The van der Waals surface area contributed by atoms with Gasteiger partial charge in [0.25, 0.3) is 0 Å².